The third-order valence-electron chi connectivity index (χ3n) is 3.09. The molecule has 0 bridgehead atoms. The number of carbonyl (C=O) groups excluding carboxylic acids is 1. The highest BCUT2D eigenvalue weighted by atomic mass is 79.9. The maximum absolute atomic E-state index is 12.1. The van der Waals surface area contributed by atoms with Crippen LogP contribution in [0, 0.1) is 22.7 Å². The SMILES string of the molecule is N#CCCN(CCC#N)C(=O)CCNS(=O)(=O)c1ccc(Br)cc1. The van der Waals surface area contributed by atoms with Crippen LogP contribution in [0.25, 0.3) is 0 Å². The minimum atomic E-state index is -3.68. The molecule has 0 saturated heterocycles. The molecule has 1 N–H and O–H groups in total. The van der Waals surface area contributed by atoms with Gasteiger partial charge in [-0.1, -0.05) is 15.9 Å². The van der Waals surface area contributed by atoms with Gasteiger partial charge in [0.05, 0.1) is 29.9 Å². The Bertz CT molecular complexity index is 717. The summed E-state index contributed by atoms with van der Waals surface area (Å²) in [7, 11) is -3.68. The monoisotopic (exact) mass is 412 g/mol. The summed E-state index contributed by atoms with van der Waals surface area (Å²) in [5.74, 6) is -0.293. The van der Waals surface area contributed by atoms with Gasteiger partial charge in [0, 0.05) is 30.5 Å². The van der Waals surface area contributed by atoms with E-state index in [2.05, 4.69) is 20.7 Å². The molecule has 0 aliphatic carbocycles. The second kappa shape index (κ2) is 10.0. The lowest BCUT2D eigenvalue weighted by Crippen LogP contribution is -2.35. The van der Waals surface area contributed by atoms with Crippen molar-refractivity contribution in [3.8, 4) is 12.1 Å². The lowest BCUT2D eigenvalue weighted by Gasteiger charge is -2.20. The summed E-state index contributed by atoms with van der Waals surface area (Å²) in [6, 6.07) is 10.0. The quantitative estimate of drug-likeness (QED) is 0.663. The van der Waals surface area contributed by atoms with Crippen LogP contribution in [0.5, 0.6) is 0 Å². The Hall–Kier alpha value is -1.94. The van der Waals surface area contributed by atoms with Crippen LogP contribution in [-0.2, 0) is 14.8 Å². The van der Waals surface area contributed by atoms with Crippen molar-refractivity contribution in [2.75, 3.05) is 19.6 Å². The molecule has 0 atom stereocenters. The molecule has 0 aliphatic heterocycles. The van der Waals surface area contributed by atoms with Crippen molar-refractivity contribution in [2.45, 2.75) is 24.2 Å². The summed E-state index contributed by atoms with van der Waals surface area (Å²) in [5, 5.41) is 17.2. The number of carbonyl (C=O) groups is 1. The number of hydrogen-bond donors (Lipinski definition) is 1. The lowest BCUT2D eigenvalue weighted by molar-refractivity contribution is -0.130. The van der Waals surface area contributed by atoms with E-state index in [0.29, 0.717) is 0 Å². The molecule has 24 heavy (non-hydrogen) atoms. The predicted octanol–water partition coefficient (Wildman–Crippen LogP) is 1.77. The summed E-state index contributed by atoms with van der Waals surface area (Å²) >= 11 is 3.23. The minimum absolute atomic E-state index is 0.0351. The Kier molecular flexibility index (Phi) is 8.41. The minimum Gasteiger partial charge on any atom is -0.341 e. The molecule has 1 aromatic carbocycles. The number of halogens is 1. The average molecular weight is 413 g/mol. The molecule has 0 aliphatic rings. The first-order valence-corrected chi connectivity index (χ1v) is 9.45. The fourth-order valence-electron chi connectivity index (χ4n) is 1.88. The summed E-state index contributed by atoms with van der Waals surface area (Å²) < 4.78 is 27.3. The van der Waals surface area contributed by atoms with Crippen LogP contribution in [0.2, 0.25) is 0 Å². The van der Waals surface area contributed by atoms with E-state index in [4.69, 9.17) is 10.5 Å². The molecule has 0 fully saturated rings. The van der Waals surface area contributed by atoms with Gasteiger partial charge in [-0.05, 0) is 24.3 Å². The summed E-state index contributed by atoms with van der Waals surface area (Å²) in [4.78, 5) is 13.6. The molecule has 1 rings (SSSR count). The van der Waals surface area contributed by atoms with Crippen LogP contribution in [-0.4, -0.2) is 38.9 Å². The average Bonchev–Trinajstić information content (AvgIpc) is 2.55. The number of rotatable bonds is 9. The molecule has 0 aromatic heterocycles. The largest absolute Gasteiger partial charge is 0.341 e. The van der Waals surface area contributed by atoms with Gasteiger partial charge in [0.2, 0.25) is 15.9 Å². The Morgan fingerprint density at radius 1 is 1.12 bits per heavy atom. The van der Waals surface area contributed by atoms with Gasteiger partial charge in [0.15, 0.2) is 0 Å². The summed E-state index contributed by atoms with van der Waals surface area (Å²) in [5.41, 5.74) is 0. The molecule has 0 saturated carbocycles. The zero-order chi connectivity index (χ0) is 18.0. The van der Waals surface area contributed by atoms with Crippen molar-refractivity contribution in [3.63, 3.8) is 0 Å². The smallest absolute Gasteiger partial charge is 0.240 e. The van der Waals surface area contributed by atoms with E-state index in [0.717, 1.165) is 4.47 Å². The zero-order valence-corrected chi connectivity index (χ0v) is 15.3. The van der Waals surface area contributed by atoms with Gasteiger partial charge >= 0.3 is 0 Å². The van der Waals surface area contributed by atoms with E-state index >= 15 is 0 Å². The third kappa shape index (κ3) is 6.67. The van der Waals surface area contributed by atoms with Crippen molar-refractivity contribution < 1.29 is 13.2 Å². The highest BCUT2D eigenvalue weighted by molar-refractivity contribution is 9.10. The number of amides is 1. The van der Waals surface area contributed by atoms with Crippen LogP contribution in [0.3, 0.4) is 0 Å². The second-order valence-corrected chi connectivity index (χ2v) is 7.48. The molecule has 9 heteroatoms. The van der Waals surface area contributed by atoms with Crippen LogP contribution >= 0.6 is 15.9 Å². The van der Waals surface area contributed by atoms with E-state index in [9.17, 15) is 13.2 Å². The standard InChI is InChI=1S/C15H17BrN4O3S/c16-13-3-5-14(6-4-13)24(22,23)19-10-7-15(21)20(11-1-8-17)12-2-9-18/h3-6,19H,1-2,7,10-12H2. The first-order valence-electron chi connectivity index (χ1n) is 7.17. The van der Waals surface area contributed by atoms with Gasteiger partial charge in [0.25, 0.3) is 0 Å². The Labute approximate surface area is 150 Å². The molecule has 1 amide bonds. The van der Waals surface area contributed by atoms with Crippen molar-refractivity contribution in [2.24, 2.45) is 0 Å². The van der Waals surface area contributed by atoms with Gasteiger partial charge in [-0.25, -0.2) is 13.1 Å². The fraction of sp³-hybridized carbons (Fsp3) is 0.400. The van der Waals surface area contributed by atoms with Gasteiger partial charge in [-0.2, -0.15) is 10.5 Å². The van der Waals surface area contributed by atoms with Gasteiger partial charge < -0.3 is 4.90 Å². The van der Waals surface area contributed by atoms with Crippen molar-refractivity contribution in [1.82, 2.24) is 9.62 Å². The Balaban J connectivity index is 2.57. The maximum atomic E-state index is 12.1. The predicted molar refractivity (Wildman–Crippen MR) is 91.0 cm³/mol. The topological polar surface area (TPSA) is 114 Å². The molecule has 1 aromatic rings. The van der Waals surface area contributed by atoms with E-state index in [1.165, 1.54) is 17.0 Å². The van der Waals surface area contributed by atoms with Gasteiger partial charge in [-0.15, -0.1) is 0 Å². The van der Waals surface area contributed by atoms with E-state index in [-0.39, 0.29) is 49.7 Å². The number of nitrogens with zero attached hydrogens (tertiary/aromatic N) is 3. The number of benzene rings is 1. The van der Waals surface area contributed by atoms with E-state index in [1.54, 1.807) is 12.1 Å². The second-order valence-electron chi connectivity index (χ2n) is 4.80. The molecule has 0 unspecified atom stereocenters. The van der Waals surface area contributed by atoms with Gasteiger partial charge in [-0.3, -0.25) is 4.79 Å². The Morgan fingerprint density at radius 3 is 2.17 bits per heavy atom. The molecule has 7 nitrogen and oxygen atoms in total. The number of nitrogens with one attached hydrogen (secondary N) is 1. The highest BCUT2D eigenvalue weighted by Crippen LogP contribution is 2.14. The number of sulfonamides is 1. The normalized spacial score (nSPS) is 10.6. The van der Waals surface area contributed by atoms with E-state index < -0.39 is 10.0 Å². The van der Waals surface area contributed by atoms with Crippen LogP contribution in [0.15, 0.2) is 33.6 Å². The molecule has 0 radical (unpaired) electrons. The van der Waals surface area contributed by atoms with Crippen LogP contribution in [0.4, 0.5) is 0 Å². The van der Waals surface area contributed by atoms with Crippen molar-refractivity contribution in [3.05, 3.63) is 28.7 Å². The number of hydrogen-bond acceptors (Lipinski definition) is 5. The first-order chi connectivity index (χ1) is 11.4. The Morgan fingerprint density at radius 2 is 1.67 bits per heavy atom. The van der Waals surface area contributed by atoms with Crippen LogP contribution in [0.1, 0.15) is 19.3 Å². The molecular weight excluding hydrogens is 396 g/mol. The number of nitriles is 2. The van der Waals surface area contributed by atoms with Crippen molar-refractivity contribution in [1.29, 1.82) is 10.5 Å². The summed E-state index contributed by atoms with van der Waals surface area (Å²) in [6.07, 6.45) is 0.302. The zero-order valence-electron chi connectivity index (χ0n) is 12.9. The van der Waals surface area contributed by atoms with E-state index in [1.807, 2.05) is 12.1 Å². The van der Waals surface area contributed by atoms with Crippen molar-refractivity contribution >= 4 is 31.9 Å². The molecule has 0 heterocycles. The molecular formula is C15H17BrN4O3S. The molecule has 128 valence electrons. The fourth-order valence-corrected chi connectivity index (χ4v) is 3.17. The molecule has 0 spiro atoms. The maximum Gasteiger partial charge on any atom is 0.240 e. The summed E-state index contributed by atoms with van der Waals surface area (Å²) in [6.45, 7) is 0.416. The van der Waals surface area contributed by atoms with Gasteiger partial charge in [0.1, 0.15) is 0 Å². The lowest BCUT2D eigenvalue weighted by atomic mass is 10.3. The van der Waals surface area contributed by atoms with Crippen LogP contribution < -0.4 is 4.72 Å². The highest BCUT2D eigenvalue weighted by Gasteiger charge is 2.16. The third-order valence-corrected chi connectivity index (χ3v) is 5.10. The first kappa shape index (κ1) is 20.1.